The predicted octanol–water partition coefficient (Wildman–Crippen LogP) is -6.32. The van der Waals surface area contributed by atoms with Gasteiger partial charge in [0.2, 0.25) is 41.4 Å². The monoisotopic (exact) mass is 1110 g/mol. The van der Waals surface area contributed by atoms with Crippen molar-refractivity contribution in [3.63, 3.8) is 0 Å². The van der Waals surface area contributed by atoms with E-state index in [4.69, 9.17) is 51.3 Å². The van der Waals surface area contributed by atoms with Gasteiger partial charge in [-0.15, -0.1) is 0 Å². The fourth-order valence-electron chi connectivity index (χ4n) is 8.06. The number of hydrogen-bond acceptors (Lipinski definition) is 18. The second-order valence-corrected chi connectivity index (χ2v) is 18.6. The van der Waals surface area contributed by atoms with Gasteiger partial charge >= 0.3 is 5.97 Å². The summed E-state index contributed by atoms with van der Waals surface area (Å²) in [4.78, 5) is 139. The molecule has 2 rings (SSSR count). The Morgan fingerprint density at radius 2 is 1.38 bits per heavy atom. The summed E-state index contributed by atoms with van der Waals surface area (Å²) in [7, 11) is 0. The van der Waals surface area contributed by atoms with E-state index in [0.29, 0.717) is 44.2 Å². The SMILES string of the molecule is N=C(N)NCC/C=C(\NC(=O)[C@H](CCCCN)NC(=O)[C@H](Cc1cccc(C(N)=O)c1)NC(=O)[C@@H]1CCCN1C(=O)/C(CCCN)=N/C(=O)CNC(=O)[C@H](CCCN)NC(=O)[C@@H](NC(=O)[C@@H](N)CCCCN)[C@@H](O)CN)C(=O)O. The predicted molar refractivity (Wildman–Crippen MR) is 290 cm³/mol. The molecule has 440 valence electrons. The van der Waals surface area contributed by atoms with Crippen LogP contribution in [0.3, 0.4) is 0 Å². The number of carboxylic acids is 1. The third-order valence-corrected chi connectivity index (χ3v) is 12.4. The van der Waals surface area contributed by atoms with E-state index in [1.165, 1.54) is 29.2 Å². The van der Waals surface area contributed by atoms with E-state index in [2.05, 4.69) is 42.2 Å². The smallest absolute Gasteiger partial charge is 0.352 e. The Hall–Kier alpha value is -7.48. The van der Waals surface area contributed by atoms with Crippen LogP contribution >= 0.6 is 0 Å². The number of nitrogens with zero attached hydrogens (tertiary/aromatic N) is 2. The van der Waals surface area contributed by atoms with Gasteiger partial charge in [0.15, 0.2) is 5.96 Å². The average Bonchev–Trinajstić information content (AvgIpc) is 3.93. The Labute approximate surface area is 458 Å². The number of aliphatic hydroxyl groups excluding tert-OH is 1. The summed E-state index contributed by atoms with van der Waals surface area (Å²) >= 11 is 0. The summed E-state index contributed by atoms with van der Waals surface area (Å²) in [6.45, 7) is -0.355. The Kier molecular flexibility index (Phi) is 31.3. The van der Waals surface area contributed by atoms with Gasteiger partial charge in [0, 0.05) is 31.6 Å². The van der Waals surface area contributed by atoms with Gasteiger partial charge in [-0.3, -0.25) is 48.6 Å². The van der Waals surface area contributed by atoms with Gasteiger partial charge in [0.25, 0.3) is 11.8 Å². The second-order valence-electron chi connectivity index (χ2n) is 18.6. The van der Waals surface area contributed by atoms with Crippen molar-refractivity contribution in [2.45, 2.75) is 132 Å². The topological polar surface area (TPSA) is 543 Å². The molecule has 1 heterocycles. The Balaban J connectivity index is 2.41. The van der Waals surface area contributed by atoms with Gasteiger partial charge in [-0.2, -0.15) is 0 Å². The molecule has 0 saturated carbocycles. The minimum absolute atomic E-state index is 0.0106. The van der Waals surface area contributed by atoms with Crippen molar-refractivity contribution in [2.24, 2.45) is 50.9 Å². The minimum Gasteiger partial charge on any atom is -0.477 e. The molecule has 1 saturated heterocycles. The number of primary amides is 1. The number of carbonyl (C=O) groups is 10. The number of carboxylic acid groups (broad SMARTS) is 1. The molecule has 7 atom stereocenters. The molecule has 0 radical (unpaired) electrons. The van der Waals surface area contributed by atoms with Gasteiger partial charge in [-0.25, -0.2) is 9.79 Å². The summed E-state index contributed by atoms with van der Waals surface area (Å²) in [5.41, 5.74) is 44.7. The first-order chi connectivity index (χ1) is 37.6. The number of carbonyl (C=O) groups excluding carboxylic acids is 9. The maximum absolute atomic E-state index is 14.3. The fourth-order valence-corrected chi connectivity index (χ4v) is 8.06. The standard InChI is InChI=1S/C49H82N18O12/c50-18-3-1-12-30(55)41(71)66-39(37(68)26-54)46(76)63-31(14-6-20-52)42(72)60-27-38(69)61-33(15-7-21-53)47(77)67-23-9-17-36(67)45(75)65-35(25-28-10-5-11-29(24-28)40(56)70)44(74)62-32(13-2-4-19-51)43(73)64-34(48(78)79)16-8-22-59-49(57)58/h5,10-11,16,24,30-32,35-37,39,68H,1-4,6-9,12-15,17-23,25-27,50-55H2,(H2,56,70)(H,60,72)(H,62,74)(H,63,76)(H,64,73)(H,65,75)(H,66,71)(H,78,79)(H4,57,58,59)/b34-16-,61-33+/t30-,31-,32-,35-,36-,37-,39-/m0/s1. The highest BCUT2D eigenvalue weighted by Crippen LogP contribution is 2.20. The van der Waals surface area contributed by atoms with E-state index in [0.717, 1.165) is 0 Å². The van der Waals surface area contributed by atoms with Crippen LogP contribution in [0.2, 0.25) is 0 Å². The Bertz CT molecular complexity index is 2320. The van der Waals surface area contributed by atoms with Crippen LogP contribution in [0.1, 0.15) is 99.4 Å². The van der Waals surface area contributed by atoms with Crippen molar-refractivity contribution >= 4 is 70.8 Å². The van der Waals surface area contributed by atoms with E-state index in [1.54, 1.807) is 6.07 Å². The minimum atomic E-state index is -1.62. The second kappa shape index (κ2) is 36.6. The maximum Gasteiger partial charge on any atom is 0.352 e. The van der Waals surface area contributed by atoms with Crippen LogP contribution in [-0.4, -0.2) is 181 Å². The van der Waals surface area contributed by atoms with Crippen LogP contribution < -0.4 is 83.1 Å². The zero-order chi connectivity index (χ0) is 59.0. The number of aliphatic imine (C=N–C) groups is 1. The van der Waals surface area contributed by atoms with E-state index in [9.17, 15) is 58.2 Å². The van der Waals surface area contributed by atoms with Gasteiger partial charge in [0.1, 0.15) is 41.6 Å². The number of aliphatic hydroxyl groups is 1. The Morgan fingerprint density at radius 1 is 0.747 bits per heavy atom. The largest absolute Gasteiger partial charge is 0.477 e. The highest BCUT2D eigenvalue weighted by Gasteiger charge is 2.39. The fraction of sp³-hybridized carbons (Fsp3) is 0.592. The molecule has 30 heteroatoms. The van der Waals surface area contributed by atoms with Crippen molar-refractivity contribution in [2.75, 3.05) is 52.4 Å². The number of likely N-dealkylation sites (tertiary alicyclic amines) is 1. The summed E-state index contributed by atoms with van der Waals surface area (Å²) in [5, 5.41) is 45.0. The van der Waals surface area contributed by atoms with Gasteiger partial charge in [-0.1, -0.05) is 24.6 Å². The number of benzene rings is 1. The number of amides is 9. The van der Waals surface area contributed by atoms with Crippen molar-refractivity contribution in [3.05, 3.63) is 47.2 Å². The zero-order valence-corrected chi connectivity index (χ0v) is 44.5. The molecule has 79 heavy (non-hydrogen) atoms. The molecule has 1 fully saturated rings. The molecule has 0 bridgehead atoms. The molecule has 1 aliphatic heterocycles. The number of unbranched alkanes of at least 4 members (excludes halogenated alkanes) is 2. The molecule has 0 unspecified atom stereocenters. The maximum atomic E-state index is 14.3. The molecular weight excluding hydrogens is 1030 g/mol. The number of nitrogens with two attached hydrogens (primary N) is 8. The molecule has 0 aliphatic carbocycles. The van der Waals surface area contributed by atoms with Crippen molar-refractivity contribution < 1.29 is 58.2 Å². The lowest BCUT2D eigenvalue weighted by atomic mass is 10.0. The zero-order valence-electron chi connectivity index (χ0n) is 44.5. The normalized spacial score (nSPS) is 15.7. The van der Waals surface area contributed by atoms with Crippen molar-refractivity contribution in [1.29, 1.82) is 5.41 Å². The van der Waals surface area contributed by atoms with Gasteiger partial charge < -0.3 is 98.2 Å². The average molecular weight is 1120 g/mol. The van der Waals surface area contributed by atoms with Crippen LogP contribution in [-0.2, 0) is 49.6 Å². The first-order valence-electron chi connectivity index (χ1n) is 26.2. The van der Waals surface area contributed by atoms with E-state index in [-0.39, 0.29) is 108 Å². The third-order valence-electron chi connectivity index (χ3n) is 12.4. The Morgan fingerprint density at radius 3 is 2.00 bits per heavy atom. The van der Waals surface area contributed by atoms with Crippen LogP contribution in [0, 0.1) is 5.41 Å². The van der Waals surface area contributed by atoms with Crippen molar-refractivity contribution in [3.8, 4) is 0 Å². The highest BCUT2D eigenvalue weighted by atomic mass is 16.4. The van der Waals surface area contributed by atoms with Crippen LogP contribution in [0.4, 0.5) is 0 Å². The number of nitrogens with one attached hydrogen (secondary N) is 8. The van der Waals surface area contributed by atoms with E-state index < -0.39 is 120 Å². The summed E-state index contributed by atoms with van der Waals surface area (Å²) in [6.07, 6.45) is 2.09. The molecular formula is C49H82N18O12. The molecule has 30 nitrogen and oxygen atoms in total. The quantitative estimate of drug-likeness (QED) is 0.0128. The van der Waals surface area contributed by atoms with Crippen LogP contribution in [0.15, 0.2) is 41.0 Å². The molecule has 1 aromatic rings. The molecule has 1 aromatic carbocycles. The summed E-state index contributed by atoms with van der Waals surface area (Å²) in [6, 6.07) is -2.15. The van der Waals surface area contributed by atoms with Crippen molar-refractivity contribution in [1.82, 2.24) is 42.1 Å². The van der Waals surface area contributed by atoms with Gasteiger partial charge in [-0.05, 0) is 121 Å². The lowest BCUT2D eigenvalue weighted by Crippen LogP contribution is -2.60. The first kappa shape index (κ1) is 67.6. The number of rotatable bonds is 37. The van der Waals surface area contributed by atoms with E-state index in [1.807, 2.05) is 0 Å². The lowest BCUT2D eigenvalue weighted by molar-refractivity contribution is -0.137. The van der Waals surface area contributed by atoms with Crippen LogP contribution in [0.25, 0.3) is 0 Å². The molecule has 0 spiro atoms. The molecule has 0 aromatic heterocycles. The molecule has 1 aliphatic rings. The number of aliphatic carboxylic acids is 1. The first-order valence-corrected chi connectivity index (χ1v) is 26.2. The third kappa shape index (κ3) is 24.4. The highest BCUT2D eigenvalue weighted by molar-refractivity contribution is 6.40. The van der Waals surface area contributed by atoms with E-state index >= 15 is 0 Å². The number of hydrogen-bond donors (Lipinski definition) is 18. The van der Waals surface area contributed by atoms with Gasteiger partial charge in [0.05, 0.1) is 18.7 Å². The lowest BCUT2D eigenvalue weighted by Gasteiger charge is -2.28. The molecule has 26 N–H and O–H groups in total. The van der Waals surface area contributed by atoms with Crippen LogP contribution in [0.5, 0.6) is 0 Å². The number of guanidine groups is 1. The molecule has 9 amide bonds. The summed E-state index contributed by atoms with van der Waals surface area (Å²) < 4.78 is 0. The summed E-state index contributed by atoms with van der Waals surface area (Å²) in [5.74, 6) is -9.67.